The predicted molar refractivity (Wildman–Crippen MR) is 120 cm³/mol. The molecular weight excluding hydrogens is 474 g/mol. The topological polar surface area (TPSA) is 74.8 Å². The smallest absolute Gasteiger partial charge is 0.251 e. The van der Waals surface area contributed by atoms with Gasteiger partial charge in [-0.15, -0.1) is 24.0 Å². The zero-order valence-corrected chi connectivity index (χ0v) is 18.5. The van der Waals surface area contributed by atoms with E-state index < -0.39 is 5.82 Å². The van der Waals surface area contributed by atoms with Crippen molar-refractivity contribution in [1.29, 1.82) is 0 Å². The molecule has 6 nitrogen and oxygen atoms in total. The number of carbonyl (C=O) groups is 1. The number of methoxy groups -OCH3 is 1. The Morgan fingerprint density at radius 3 is 2.57 bits per heavy atom. The van der Waals surface area contributed by atoms with Crippen molar-refractivity contribution in [2.24, 2.45) is 4.99 Å². The third-order valence-corrected chi connectivity index (χ3v) is 4.02. The van der Waals surface area contributed by atoms with Crippen LogP contribution in [0.4, 0.5) is 4.39 Å². The Morgan fingerprint density at radius 1 is 1.14 bits per heavy atom. The third-order valence-electron chi connectivity index (χ3n) is 4.02. The van der Waals surface area contributed by atoms with E-state index in [1.54, 1.807) is 32.3 Å². The molecule has 0 saturated carbocycles. The maximum Gasteiger partial charge on any atom is 0.251 e. The highest BCUT2D eigenvalue weighted by atomic mass is 127. The van der Waals surface area contributed by atoms with E-state index in [0.29, 0.717) is 24.6 Å². The van der Waals surface area contributed by atoms with Crippen molar-refractivity contribution >= 4 is 35.8 Å². The highest BCUT2D eigenvalue weighted by Crippen LogP contribution is 2.17. The van der Waals surface area contributed by atoms with Crippen LogP contribution >= 0.6 is 24.0 Å². The molecule has 2 aromatic rings. The number of halogens is 2. The Kier molecular flexibility index (Phi) is 10.3. The SMILES string of the molecule is CN=C(NCCc1cccc(C(=O)NC)c1)NCc1ccc(OC)c(F)c1.I. The fraction of sp³-hybridized carbons (Fsp3) is 0.300. The molecule has 0 spiro atoms. The zero-order chi connectivity index (χ0) is 19.6. The van der Waals surface area contributed by atoms with Crippen molar-refractivity contribution in [2.45, 2.75) is 13.0 Å². The van der Waals surface area contributed by atoms with E-state index >= 15 is 0 Å². The van der Waals surface area contributed by atoms with Crippen LogP contribution in [0.1, 0.15) is 21.5 Å². The Balaban J connectivity index is 0.00000392. The van der Waals surface area contributed by atoms with Gasteiger partial charge in [-0.25, -0.2) is 4.39 Å². The molecule has 8 heteroatoms. The number of hydrogen-bond acceptors (Lipinski definition) is 3. The quantitative estimate of drug-likeness (QED) is 0.311. The van der Waals surface area contributed by atoms with Gasteiger partial charge >= 0.3 is 0 Å². The number of benzene rings is 2. The van der Waals surface area contributed by atoms with Crippen molar-refractivity contribution in [3.63, 3.8) is 0 Å². The first-order chi connectivity index (χ1) is 13.1. The van der Waals surface area contributed by atoms with E-state index in [9.17, 15) is 9.18 Å². The molecule has 2 rings (SSSR count). The summed E-state index contributed by atoms with van der Waals surface area (Å²) in [6.45, 7) is 1.08. The molecule has 0 atom stereocenters. The van der Waals surface area contributed by atoms with Gasteiger partial charge in [0.05, 0.1) is 7.11 Å². The highest BCUT2D eigenvalue weighted by molar-refractivity contribution is 14.0. The average Bonchev–Trinajstić information content (AvgIpc) is 2.70. The summed E-state index contributed by atoms with van der Waals surface area (Å²) in [6.07, 6.45) is 0.739. The summed E-state index contributed by atoms with van der Waals surface area (Å²) in [5.74, 6) is 0.346. The molecule has 3 N–H and O–H groups in total. The fourth-order valence-corrected chi connectivity index (χ4v) is 2.56. The lowest BCUT2D eigenvalue weighted by Gasteiger charge is -2.13. The molecule has 0 aliphatic heterocycles. The van der Waals surface area contributed by atoms with Gasteiger partial charge < -0.3 is 20.7 Å². The molecule has 0 aromatic heterocycles. The van der Waals surface area contributed by atoms with Gasteiger partial charge in [0.25, 0.3) is 5.91 Å². The standard InChI is InChI=1S/C20H25FN4O2.HI/c1-22-19(26)16-6-4-5-14(11-16)9-10-24-20(23-2)25-13-15-7-8-18(27-3)17(21)12-15;/h4-8,11-12H,9-10,13H2,1-3H3,(H,22,26)(H2,23,24,25);1H. The molecule has 28 heavy (non-hydrogen) atoms. The summed E-state index contributed by atoms with van der Waals surface area (Å²) in [5, 5.41) is 8.97. The minimum Gasteiger partial charge on any atom is -0.494 e. The molecule has 0 aliphatic carbocycles. The van der Waals surface area contributed by atoms with Gasteiger partial charge in [-0.1, -0.05) is 18.2 Å². The molecule has 0 heterocycles. The minimum atomic E-state index is -0.393. The molecule has 2 aromatic carbocycles. The second-order valence-corrected chi connectivity index (χ2v) is 5.85. The number of ether oxygens (including phenoxy) is 1. The van der Waals surface area contributed by atoms with Crippen LogP contribution in [-0.4, -0.2) is 39.6 Å². The first-order valence-electron chi connectivity index (χ1n) is 8.65. The van der Waals surface area contributed by atoms with E-state index in [1.807, 2.05) is 18.2 Å². The minimum absolute atomic E-state index is 0. The second kappa shape index (κ2) is 12.2. The van der Waals surface area contributed by atoms with Gasteiger partial charge in [-0.05, 0) is 41.8 Å². The highest BCUT2D eigenvalue weighted by Gasteiger charge is 2.06. The van der Waals surface area contributed by atoms with E-state index in [0.717, 1.165) is 17.5 Å². The molecule has 0 aliphatic rings. The van der Waals surface area contributed by atoms with Crippen molar-refractivity contribution in [2.75, 3.05) is 27.7 Å². The molecule has 0 radical (unpaired) electrons. The second-order valence-electron chi connectivity index (χ2n) is 5.85. The Bertz CT molecular complexity index is 815. The number of nitrogens with zero attached hydrogens (tertiary/aromatic N) is 1. The largest absolute Gasteiger partial charge is 0.494 e. The van der Waals surface area contributed by atoms with E-state index in [4.69, 9.17) is 4.74 Å². The summed E-state index contributed by atoms with van der Waals surface area (Å²) in [7, 11) is 4.73. The van der Waals surface area contributed by atoms with Crippen LogP contribution in [-0.2, 0) is 13.0 Å². The van der Waals surface area contributed by atoms with Crippen LogP contribution < -0.4 is 20.7 Å². The normalized spacial score (nSPS) is 10.6. The Labute approximate surface area is 182 Å². The Morgan fingerprint density at radius 2 is 1.93 bits per heavy atom. The number of nitrogens with one attached hydrogen (secondary N) is 3. The van der Waals surface area contributed by atoms with Gasteiger partial charge in [-0.2, -0.15) is 0 Å². The van der Waals surface area contributed by atoms with Crippen LogP contribution in [0, 0.1) is 5.82 Å². The maximum absolute atomic E-state index is 13.7. The Hall–Kier alpha value is -2.36. The summed E-state index contributed by atoms with van der Waals surface area (Å²) in [5.41, 5.74) is 2.48. The van der Waals surface area contributed by atoms with Gasteiger partial charge in [0, 0.05) is 32.7 Å². The van der Waals surface area contributed by atoms with Crippen LogP contribution in [0.2, 0.25) is 0 Å². The number of amides is 1. The average molecular weight is 500 g/mol. The molecule has 0 bridgehead atoms. The number of hydrogen-bond donors (Lipinski definition) is 3. The first-order valence-corrected chi connectivity index (χ1v) is 8.65. The zero-order valence-electron chi connectivity index (χ0n) is 16.2. The number of carbonyl (C=O) groups excluding carboxylic acids is 1. The fourth-order valence-electron chi connectivity index (χ4n) is 2.56. The number of aliphatic imine (C=N–C) groups is 1. The van der Waals surface area contributed by atoms with E-state index in [1.165, 1.54) is 13.2 Å². The van der Waals surface area contributed by atoms with Crippen molar-refractivity contribution in [1.82, 2.24) is 16.0 Å². The summed E-state index contributed by atoms with van der Waals surface area (Å²) in [4.78, 5) is 15.8. The van der Waals surface area contributed by atoms with E-state index in [-0.39, 0.29) is 35.6 Å². The molecule has 1 amide bonds. The van der Waals surface area contributed by atoms with Crippen LogP contribution in [0.25, 0.3) is 0 Å². The monoisotopic (exact) mass is 500 g/mol. The van der Waals surface area contributed by atoms with Crippen molar-refractivity contribution in [3.8, 4) is 5.75 Å². The number of guanidine groups is 1. The molecular formula is C20H26FIN4O2. The van der Waals surface area contributed by atoms with Gasteiger partial charge in [0.1, 0.15) is 0 Å². The number of rotatable bonds is 7. The molecule has 0 fully saturated rings. The molecule has 0 saturated heterocycles. The van der Waals surface area contributed by atoms with Crippen LogP contribution in [0.5, 0.6) is 5.75 Å². The summed E-state index contributed by atoms with van der Waals surface area (Å²) < 4.78 is 18.7. The molecule has 152 valence electrons. The van der Waals surface area contributed by atoms with E-state index in [2.05, 4.69) is 20.9 Å². The van der Waals surface area contributed by atoms with Crippen LogP contribution in [0.15, 0.2) is 47.5 Å². The lowest BCUT2D eigenvalue weighted by Crippen LogP contribution is -2.37. The van der Waals surface area contributed by atoms with Gasteiger partial charge in [0.2, 0.25) is 0 Å². The molecule has 0 unspecified atom stereocenters. The summed E-state index contributed by atoms with van der Waals surface area (Å²) >= 11 is 0. The van der Waals surface area contributed by atoms with Crippen molar-refractivity contribution in [3.05, 3.63) is 65.0 Å². The van der Waals surface area contributed by atoms with Crippen molar-refractivity contribution < 1.29 is 13.9 Å². The van der Waals surface area contributed by atoms with Crippen LogP contribution in [0.3, 0.4) is 0 Å². The van der Waals surface area contributed by atoms with Gasteiger partial charge in [0.15, 0.2) is 17.5 Å². The lowest BCUT2D eigenvalue weighted by atomic mass is 10.1. The van der Waals surface area contributed by atoms with Gasteiger partial charge in [-0.3, -0.25) is 9.79 Å². The predicted octanol–water partition coefficient (Wildman–Crippen LogP) is 2.72. The summed E-state index contributed by atoms with van der Waals surface area (Å²) in [6, 6.07) is 12.3. The maximum atomic E-state index is 13.7. The lowest BCUT2D eigenvalue weighted by molar-refractivity contribution is 0.0963. The first kappa shape index (κ1) is 23.7. The third kappa shape index (κ3) is 6.99.